The zero-order valence-electron chi connectivity index (χ0n) is 26.8. The number of hydrogen-bond donors (Lipinski definition) is 0. The van der Waals surface area contributed by atoms with Gasteiger partial charge in [-0.3, -0.25) is 0 Å². The maximum absolute atomic E-state index is 12.7. The molecular formula is C36H36O10. The predicted molar refractivity (Wildman–Crippen MR) is 169 cm³/mol. The number of aryl methyl sites for hydroxylation is 4. The molecule has 0 saturated heterocycles. The number of carbonyl (C=O) groups excluding carboxylic acids is 4. The first-order chi connectivity index (χ1) is 22.0. The molecule has 10 nitrogen and oxygen atoms in total. The minimum absolute atomic E-state index is 0.126. The lowest BCUT2D eigenvalue weighted by molar-refractivity contribution is -0.282. The first-order valence-electron chi connectivity index (χ1n) is 14.1. The molecule has 0 N–H and O–H groups in total. The number of esters is 4. The highest BCUT2D eigenvalue weighted by Gasteiger charge is 2.21. The molecule has 0 unspecified atom stereocenters. The molecule has 0 radical (unpaired) electrons. The van der Waals surface area contributed by atoms with E-state index in [2.05, 4.69) is 14.4 Å². The molecule has 0 aromatic heterocycles. The van der Waals surface area contributed by atoms with Crippen LogP contribution in [0.4, 0.5) is 0 Å². The van der Waals surface area contributed by atoms with E-state index in [-0.39, 0.29) is 28.9 Å². The first-order valence-corrected chi connectivity index (χ1v) is 14.1. The molecule has 0 spiro atoms. The molecule has 4 aromatic rings. The summed E-state index contributed by atoms with van der Waals surface area (Å²) >= 11 is 0. The summed E-state index contributed by atoms with van der Waals surface area (Å²) in [6.45, 7) is 7.84. The van der Waals surface area contributed by atoms with Crippen molar-refractivity contribution in [3.8, 4) is 11.5 Å². The van der Waals surface area contributed by atoms with Crippen LogP contribution in [-0.4, -0.2) is 45.2 Å². The number of methoxy groups -OCH3 is 2. The van der Waals surface area contributed by atoms with Crippen molar-refractivity contribution in [2.24, 2.45) is 0 Å². The van der Waals surface area contributed by atoms with Gasteiger partial charge in [0.15, 0.2) is 0 Å². The smallest absolute Gasteiger partial charge is 0.344 e. The Bertz CT molecular complexity index is 1640. The molecule has 240 valence electrons. The van der Waals surface area contributed by atoms with Gasteiger partial charge in [-0.25, -0.2) is 29.0 Å². The lowest BCUT2D eigenvalue weighted by Gasteiger charge is -2.12. The van der Waals surface area contributed by atoms with E-state index in [4.69, 9.17) is 14.4 Å². The van der Waals surface area contributed by atoms with Crippen LogP contribution < -0.4 is 9.47 Å². The third-order valence-electron chi connectivity index (χ3n) is 6.67. The van der Waals surface area contributed by atoms with Crippen molar-refractivity contribution in [3.63, 3.8) is 0 Å². The van der Waals surface area contributed by atoms with E-state index in [0.717, 1.165) is 22.3 Å². The summed E-state index contributed by atoms with van der Waals surface area (Å²) in [5.74, 6) is -1.48. The van der Waals surface area contributed by atoms with E-state index in [0.29, 0.717) is 17.1 Å². The maximum Gasteiger partial charge on any atom is 0.344 e. The molecule has 0 amide bonds. The molecule has 4 rings (SSSR count). The van der Waals surface area contributed by atoms with Crippen LogP contribution in [0.3, 0.4) is 0 Å². The van der Waals surface area contributed by atoms with Gasteiger partial charge in [0, 0.05) is 0 Å². The summed E-state index contributed by atoms with van der Waals surface area (Å²) in [7, 11) is 3.86. The quantitative estimate of drug-likeness (QED) is 0.0856. The van der Waals surface area contributed by atoms with Crippen molar-refractivity contribution in [2.45, 2.75) is 34.3 Å². The summed E-state index contributed by atoms with van der Waals surface area (Å²) in [4.78, 5) is 57.7. The fourth-order valence-corrected chi connectivity index (χ4v) is 4.35. The van der Waals surface area contributed by atoms with Crippen molar-refractivity contribution < 1.29 is 47.9 Å². The van der Waals surface area contributed by atoms with Gasteiger partial charge in [-0.05, 0) is 80.8 Å². The fraction of sp³-hybridized carbons (Fsp3) is 0.222. The van der Waals surface area contributed by atoms with E-state index in [1.807, 2.05) is 52.0 Å². The van der Waals surface area contributed by atoms with E-state index in [1.165, 1.54) is 33.5 Å². The van der Waals surface area contributed by atoms with Crippen LogP contribution in [0.25, 0.3) is 0 Å². The molecule has 0 fully saturated rings. The van der Waals surface area contributed by atoms with Gasteiger partial charge in [0.2, 0.25) is 0 Å². The van der Waals surface area contributed by atoms with Crippen LogP contribution in [0.15, 0.2) is 78.9 Å². The number of ether oxygens (including phenoxy) is 4. The van der Waals surface area contributed by atoms with Gasteiger partial charge in [0.05, 0.1) is 43.6 Å². The highest BCUT2D eigenvalue weighted by Crippen LogP contribution is 2.24. The highest BCUT2D eigenvalue weighted by molar-refractivity contribution is 6.04. The molecular weight excluding hydrogens is 592 g/mol. The second-order valence-corrected chi connectivity index (χ2v) is 10.2. The number of carbonyl (C=O) groups is 4. The fourth-order valence-electron chi connectivity index (χ4n) is 4.35. The van der Waals surface area contributed by atoms with Crippen molar-refractivity contribution in [2.75, 3.05) is 21.3 Å². The van der Waals surface area contributed by atoms with Crippen molar-refractivity contribution in [1.82, 2.24) is 0 Å². The molecule has 0 aliphatic rings. The summed E-state index contributed by atoms with van der Waals surface area (Å²) in [6, 6.07) is 22.2. The van der Waals surface area contributed by atoms with Gasteiger partial charge < -0.3 is 18.9 Å². The molecule has 0 saturated carbocycles. The molecule has 0 aliphatic carbocycles. The highest BCUT2D eigenvalue weighted by atomic mass is 17.2. The average molecular weight is 629 g/mol. The number of benzene rings is 4. The Morgan fingerprint density at radius 3 is 1.41 bits per heavy atom. The molecule has 46 heavy (non-hydrogen) atoms. The van der Waals surface area contributed by atoms with Crippen molar-refractivity contribution in [1.29, 1.82) is 0 Å². The zero-order valence-corrected chi connectivity index (χ0v) is 26.8. The summed E-state index contributed by atoms with van der Waals surface area (Å²) in [6.07, 6.45) is 0. The van der Waals surface area contributed by atoms with Crippen LogP contribution >= 0.6 is 0 Å². The van der Waals surface area contributed by atoms with Gasteiger partial charge in [0.1, 0.15) is 18.1 Å². The zero-order chi connectivity index (χ0) is 33.8. The van der Waals surface area contributed by atoms with Crippen LogP contribution in [0.5, 0.6) is 11.5 Å². The standard InChI is InChI=1S/C24H22O4.C12H14O6/c1-15-9-11-21(17(3)13-15)27-23(25)19-7-5-6-8-20(19)24(26)28-22-12-10-16(2)14-18(22)4;1-15-11(13)9-5-4-8(7-18-17-3)6-10(9)12(14)16-2/h5-14H,1-4H3;4-6H,7H2,1-3H3. The van der Waals surface area contributed by atoms with Crippen molar-refractivity contribution >= 4 is 23.9 Å². The minimum Gasteiger partial charge on any atom is -0.465 e. The second-order valence-electron chi connectivity index (χ2n) is 10.2. The Morgan fingerprint density at radius 1 is 0.522 bits per heavy atom. The Kier molecular flexibility index (Phi) is 12.7. The van der Waals surface area contributed by atoms with E-state index < -0.39 is 23.9 Å². The van der Waals surface area contributed by atoms with E-state index in [9.17, 15) is 19.2 Å². The van der Waals surface area contributed by atoms with E-state index in [1.54, 1.807) is 42.5 Å². The van der Waals surface area contributed by atoms with Gasteiger partial charge in [-0.15, -0.1) is 0 Å². The Labute approximate surface area is 267 Å². The normalized spacial score (nSPS) is 10.2. The molecule has 0 atom stereocenters. The van der Waals surface area contributed by atoms with E-state index >= 15 is 0 Å². The number of hydrogen-bond acceptors (Lipinski definition) is 10. The summed E-state index contributed by atoms with van der Waals surface area (Å²) in [5.41, 5.74) is 5.13. The van der Waals surface area contributed by atoms with Crippen LogP contribution in [0.1, 0.15) is 69.2 Å². The largest absolute Gasteiger partial charge is 0.465 e. The summed E-state index contributed by atoms with van der Waals surface area (Å²) in [5, 5.41) is 0. The minimum atomic E-state index is -0.616. The average Bonchev–Trinajstić information content (AvgIpc) is 3.05. The Balaban J connectivity index is 0.000000277. The second kappa shape index (κ2) is 16.7. The lowest BCUT2D eigenvalue weighted by Crippen LogP contribution is -2.18. The molecule has 4 aromatic carbocycles. The Morgan fingerprint density at radius 2 is 0.978 bits per heavy atom. The third-order valence-corrected chi connectivity index (χ3v) is 6.67. The Hall–Kier alpha value is -5.32. The van der Waals surface area contributed by atoms with Gasteiger partial charge in [-0.2, -0.15) is 0 Å². The van der Waals surface area contributed by atoms with Crippen LogP contribution in [0.2, 0.25) is 0 Å². The van der Waals surface area contributed by atoms with Gasteiger partial charge in [0.25, 0.3) is 0 Å². The SMILES string of the molecule is COOCc1ccc(C(=O)OC)c(C(=O)OC)c1.Cc1ccc(OC(=O)c2ccccc2C(=O)Oc2ccc(C)cc2C)c(C)c1. The summed E-state index contributed by atoms with van der Waals surface area (Å²) < 4.78 is 20.2. The molecule has 10 heteroatoms. The van der Waals surface area contributed by atoms with Gasteiger partial charge in [-0.1, -0.05) is 53.6 Å². The molecule has 0 aliphatic heterocycles. The maximum atomic E-state index is 12.7. The topological polar surface area (TPSA) is 124 Å². The van der Waals surface area contributed by atoms with Crippen molar-refractivity contribution in [3.05, 3.63) is 129 Å². The van der Waals surface area contributed by atoms with Gasteiger partial charge >= 0.3 is 23.9 Å². The number of rotatable bonds is 9. The molecule has 0 bridgehead atoms. The lowest BCUT2D eigenvalue weighted by atomic mass is 10.0. The monoisotopic (exact) mass is 628 g/mol. The van der Waals surface area contributed by atoms with Crippen LogP contribution in [-0.2, 0) is 25.9 Å². The third kappa shape index (κ3) is 9.34. The first kappa shape index (κ1) is 35.2. The predicted octanol–water partition coefficient (Wildman–Crippen LogP) is 6.70. The van der Waals surface area contributed by atoms with Crippen LogP contribution in [0, 0.1) is 27.7 Å². The molecule has 0 heterocycles.